The molecule has 7 nitrogen and oxygen atoms in total. The molecule has 32 heavy (non-hydrogen) atoms. The molecule has 0 aliphatic carbocycles. The molecule has 2 aromatic rings. The van der Waals surface area contributed by atoms with E-state index in [1.807, 2.05) is 52.2 Å². The van der Waals surface area contributed by atoms with Gasteiger partial charge in [-0.3, -0.25) is 9.78 Å². The molecule has 0 radical (unpaired) electrons. The number of fused-ring (bicyclic) bond motifs is 1. The molecule has 1 aromatic heterocycles. The summed E-state index contributed by atoms with van der Waals surface area (Å²) in [6.07, 6.45) is 6.34. The van der Waals surface area contributed by atoms with Crippen LogP contribution in [0.15, 0.2) is 36.7 Å². The number of ether oxygens (including phenoxy) is 2. The van der Waals surface area contributed by atoms with Crippen LogP contribution in [0.2, 0.25) is 0 Å². The second-order valence-corrected chi connectivity index (χ2v) is 9.49. The third kappa shape index (κ3) is 4.87. The lowest BCUT2D eigenvalue weighted by molar-refractivity contribution is -0.118. The molecule has 0 N–H and O–H groups in total. The van der Waals surface area contributed by atoms with Crippen molar-refractivity contribution < 1.29 is 19.1 Å². The van der Waals surface area contributed by atoms with Gasteiger partial charge < -0.3 is 19.3 Å². The van der Waals surface area contributed by atoms with Gasteiger partial charge in [0.25, 0.3) is 0 Å². The van der Waals surface area contributed by atoms with E-state index in [0.717, 1.165) is 41.6 Å². The number of aryl methyl sites for hydroxylation is 1. The Hall–Kier alpha value is -3.09. The smallest absolute Gasteiger partial charge is 0.410 e. The molecule has 0 saturated carbocycles. The molecule has 1 atom stereocenters. The van der Waals surface area contributed by atoms with Crippen LogP contribution < -0.4 is 9.64 Å². The largest absolute Gasteiger partial charge is 0.490 e. The minimum atomic E-state index is -0.514. The van der Waals surface area contributed by atoms with Gasteiger partial charge in [0.15, 0.2) is 0 Å². The Labute approximate surface area is 189 Å². The zero-order valence-electron chi connectivity index (χ0n) is 19.3. The second kappa shape index (κ2) is 8.81. The first kappa shape index (κ1) is 22.1. The topological polar surface area (TPSA) is 72.0 Å². The number of hydrogen-bond donors (Lipinski definition) is 0. The molecule has 1 unspecified atom stereocenters. The molecule has 1 fully saturated rings. The van der Waals surface area contributed by atoms with E-state index in [1.165, 1.54) is 0 Å². The zero-order chi connectivity index (χ0) is 22.9. The lowest BCUT2D eigenvalue weighted by Crippen LogP contribution is -2.42. The van der Waals surface area contributed by atoms with Crippen molar-refractivity contribution in [2.45, 2.75) is 58.1 Å². The summed E-state index contributed by atoms with van der Waals surface area (Å²) in [7, 11) is 1.82. The molecule has 3 heterocycles. The Morgan fingerprint density at radius 3 is 2.75 bits per heavy atom. The van der Waals surface area contributed by atoms with Crippen LogP contribution in [0.3, 0.4) is 0 Å². The summed E-state index contributed by atoms with van der Waals surface area (Å²) in [6.45, 7) is 6.72. The molecular formula is C25H31N3O4. The Morgan fingerprint density at radius 1 is 1.16 bits per heavy atom. The first-order chi connectivity index (χ1) is 15.2. The fourth-order valence-corrected chi connectivity index (χ4v) is 4.25. The highest BCUT2D eigenvalue weighted by atomic mass is 16.6. The quantitative estimate of drug-likeness (QED) is 0.707. The van der Waals surface area contributed by atoms with Crippen molar-refractivity contribution in [2.75, 3.05) is 25.1 Å². The molecule has 0 bridgehead atoms. The Morgan fingerprint density at radius 2 is 1.97 bits per heavy atom. The molecule has 2 amide bonds. The molecule has 1 aromatic carbocycles. The number of amides is 2. The normalized spacial score (nSPS) is 18.5. The summed E-state index contributed by atoms with van der Waals surface area (Å²) < 4.78 is 11.6. The third-order valence-corrected chi connectivity index (χ3v) is 5.92. The van der Waals surface area contributed by atoms with Gasteiger partial charge in [-0.25, -0.2) is 4.79 Å². The van der Waals surface area contributed by atoms with E-state index < -0.39 is 5.60 Å². The predicted molar refractivity (Wildman–Crippen MR) is 123 cm³/mol. The van der Waals surface area contributed by atoms with Crippen molar-refractivity contribution in [1.29, 1.82) is 0 Å². The van der Waals surface area contributed by atoms with Crippen LogP contribution in [0.25, 0.3) is 11.1 Å². The fraction of sp³-hybridized carbons (Fsp3) is 0.480. The summed E-state index contributed by atoms with van der Waals surface area (Å²) in [5, 5.41) is 0. The number of rotatable bonds is 4. The van der Waals surface area contributed by atoms with Crippen LogP contribution >= 0.6 is 0 Å². The fourth-order valence-electron chi connectivity index (χ4n) is 4.25. The van der Waals surface area contributed by atoms with Crippen molar-refractivity contribution in [3.63, 3.8) is 0 Å². The van der Waals surface area contributed by atoms with Gasteiger partial charge in [-0.15, -0.1) is 0 Å². The highest BCUT2D eigenvalue weighted by molar-refractivity contribution is 5.96. The number of benzene rings is 1. The van der Waals surface area contributed by atoms with Crippen LogP contribution in [0.5, 0.6) is 5.75 Å². The van der Waals surface area contributed by atoms with Gasteiger partial charge in [0.05, 0.1) is 12.2 Å². The number of nitrogens with zero attached hydrogens (tertiary/aromatic N) is 3. The predicted octanol–water partition coefficient (Wildman–Crippen LogP) is 4.44. The summed E-state index contributed by atoms with van der Waals surface area (Å²) in [5.74, 6) is 0.818. The van der Waals surface area contributed by atoms with Crippen molar-refractivity contribution in [1.82, 2.24) is 9.88 Å². The minimum absolute atomic E-state index is 0.00896. The Kier molecular flexibility index (Phi) is 6.09. The summed E-state index contributed by atoms with van der Waals surface area (Å²) in [6, 6.07) is 8.09. The van der Waals surface area contributed by atoms with Gasteiger partial charge in [0.1, 0.15) is 18.0 Å². The average molecular weight is 438 g/mol. The van der Waals surface area contributed by atoms with Gasteiger partial charge in [0, 0.05) is 37.5 Å². The number of anilines is 1. The maximum Gasteiger partial charge on any atom is 0.410 e. The zero-order valence-corrected chi connectivity index (χ0v) is 19.3. The summed E-state index contributed by atoms with van der Waals surface area (Å²) >= 11 is 0. The van der Waals surface area contributed by atoms with E-state index in [9.17, 15) is 9.59 Å². The first-order valence-electron chi connectivity index (χ1n) is 11.2. The van der Waals surface area contributed by atoms with Gasteiger partial charge >= 0.3 is 6.09 Å². The number of pyridine rings is 1. The van der Waals surface area contributed by atoms with E-state index >= 15 is 0 Å². The molecule has 170 valence electrons. The number of likely N-dealkylation sites (tertiary alicyclic amines) is 1. The summed E-state index contributed by atoms with van der Waals surface area (Å²) in [5.41, 5.74) is 3.62. The van der Waals surface area contributed by atoms with E-state index in [-0.39, 0.29) is 18.0 Å². The number of aromatic nitrogens is 1. The van der Waals surface area contributed by atoms with Crippen molar-refractivity contribution >= 4 is 17.7 Å². The Balaban J connectivity index is 1.44. The highest BCUT2D eigenvalue weighted by Crippen LogP contribution is 2.32. The number of carbonyl (C=O) groups excluding carboxylic acids is 2. The van der Waals surface area contributed by atoms with Crippen molar-refractivity contribution in [3.8, 4) is 16.9 Å². The maximum absolute atomic E-state index is 12.5. The lowest BCUT2D eigenvalue weighted by atomic mass is 9.97. The molecule has 1 saturated heterocycles. The van der Waals surface area contributed by atoms with Crippen LogP contribution in [0.1, 0.15) is 45.6 Å². The van der Waals surface area contributed by atoms with E-state index in [1.54, 1.807) is 16.0 Å². The van der Waals surface area contributed by atoms with Crippen molar-refractivity contribution in [2.24, 2.45) is 0 Å². The van der Waals surface area contributed by atoms with Gasteiger partial charge in [-0.1, -0.05) is 6.07 Å². The Bertz CT molecular complexity index is 1010. The van der Waals surface area contributed by atoms with Crippen LogP contribution in [-0.2, 0) is 16.0 Å². The standard InChI is InChI=1S/C25H31N3O4/c1-25(2,3)32-24(30)28-11-5-6-20(28)16-31-21-13-19(14-26-15-21)17-7-9-22-18(12-17)8-10-23(29)27(22)4/h7,9,12-15,20H,5-6,8,10-11,16H2,1-4H3. The van der Waals surface area contributed by atoms with E-state index in [4.69, 9.17) is 9.47 Å². The number of carbonyl (C=O) groups is 2. The molecule has 7 heteroatoms. The van der Waals surface area contributed by atoms with Gasteiger partial charge in [-0.05, 0) is 69.4 Å². The monoisotopic (exact) mass is 437 g/mol. The molecule has 0 spiro atoms. The minimum Gasteiger partial charge on any atom is -0.490 e. The van der Waals surface area contributed by atoms with Gasteiger partial charge in [0.2, 0.25) is 5.91 Å². The summed E-state index contributed by atoms with van der Waals surface area (Å²) in [4.78, 5) is 32.3. The molecule has 4 rings (SSSR count). The third-order valence-electron chi connectivity index (χ3n) is 5.92. The van der Waals surface area contributed by atoms with Crippen LogP contribution in [0.4, 0.5) is 10.5 Å². The molecular weight excluding hydrogens is 406 g/mol. The van der Waals surface area contributed by atoms with E-state index in [0.29, 0.717) is 25.3 Å². The average Bonchev–Trinajstić information content (AvgIpc) is 3.23. The van der Waals surface area contributed by atoms with Crippen LogP contribution in [0, 0.1) is 0 Å². The highest BCUT2D eigenvalue weighted by Gasteiger charge is 2.32. The first-order valence-corrected chi connectivity index (χ1v) is 11.2. The lowest BCUT2D eigenvalue weighted by Gasteiger charge is -2.28. The molecule has 2 aliphatic heterocycles. The maximum atomic E-state index is 12.5. The number of hydrogen-bond acceptors (Lipinski definition) is 5. The van der Waals surface area contributed by atoms with Crippen LogP contribution in [-0.4, -0.2) is 53.7 Å². The second-order valence-electron chi connectivity index (χ2n) is 9.49. The molecule has 2 aliphatic rings. The SMILES string of the molecule is CN1C(=O)CCc2cc(-c3cncc(OCC4CCCN4C(=O)OC(C)(C)C)c3)ccc21. The van der Waals surface area contributed by atoms with E-state index in [2.05, 4.69) is 11.1 Å². The van der Waals surface area contributed by atoms with Crippen molar-refractivity contribution in [3.05, 3.63) is 42.2 Å². The van der Waals surface area contributed by atoms with Gasteiger partial charge in [-0.2, -0.15) is 0 Å².